The summed E-state index contributed by atoms with van der Waals surface area (Å²) in [5, 5.41) is 15.1. The molecule has 1 saturated heterocycles. The first-order valence-electron chi connectivity index (χ1n) is 10.9. The lowest BCUT2D eigenvalue weighted by molar-refractivity contribution is 0.400. The van der Waals surface area contributed by atoms with Gasteiger partial charge in [-0.05, 0) is 38.4 Å². The van der Waals surface area contributed by atoms with Gasteiger partial charge in [0.1, 0.15) is 11.6 Å². The average Bonchev–Trinajstić information content (AvgIpc) is 2.77. The van der Waals surface area contributed by atoms with Gasteiger partial charge in [0.25, 0.3) is 0 Å². The number of aromatic nitrogens is 1. The summed E-state index contributed by atoms with van der Waals surface area (Å²) < 4.78 is 14.5. The van der Waals surface area contributed by atoms with Crippen LogP contribution < -0.4 is 15.1 Å². The zero-order valence-electron chi connectivity index (χ0n) is 18.3. The molecule has 3 heterocycles. The third kappa shape index (κ3) is 3.64. The standard InChI is InChI=1S/C24H27ClFN5O/c1-29(2)8-9-30-14-15-12-27-6-7-31(15)24-17-10-18(25)16(11-20(17)28-13-21(24)30)23-19(26)4-3-5-22(23)32/h3-5,10-11,13,15,27,32H,6-9,12,14H2,1-2H3/t15-/m1/s1. The number of rotatable bonds is 4. The molecule has 0 bridgehead atoms. The summed E-state index contributed by atoms with van der Waals surface area (Å²) in [5.74, 6) is -0.650. The van der Waals surface area contributed by atoms with E-state index in [1.165, 1.54) is 18.2 Å². The van der Waals surface area contributed by atoms with Crippen molar-refractivity contribution in [2.45, 2.75) is 6.04 Å². The molecular weight excluding hydrogens is 429 g/mol. The van der Waals surface area contributed by atoms with Crippen molar-refractivity contribution in [3.05, 3.63) is 47.4 Å². The topological polar surface area (TPSA) is 54.9 Å². The molecule has 1 aromatic heterocycles. The first kappa shape index (κ1) is 21.2. The molecule has 0 amide bonds. The molecule has 6 nitrogen and oxygen atoms in total. The first-order valence-corrected chi connectivity index (χ1v) is 11.3. The fourth-order valence-corrected chi connectivity index (χ4v) is 5.05. The third-order valence-corrected chi connectivity index (χ3v) is 6.71. The normalized spacial score (nSPS) is 18.2. The Bertz CT molecular complexity index is 1150. The molecule has 168 valence electrons. The number of nitrogens with zero attached hydrogens (tertiary/aromatic N) is 4. The van der Waals surface area contributed by atoms with E-state index in [9.17, 15) is 9.50 Å². The van der Waals surface area contributed by atoms with Gasteiger partial charge < -0.3 is 25.1 Å². The van der Waals surface area contributed by atoms with E-state index < -0.39 is 5.82 Å². The summed E-state index contributed by atoms with van der Waals surface area (Å²) >= 11 is 6.68. The Morgan fingerprint density at radius 1 is 1.31 bits per heavy atom. The third-order valence-electron chi connectivity index (χ3n) is 6.40. The summed E-state index contributed by atoms with van der Waals surface area (Å²) in [5.41, 5.74) is 3.52. The van der Waals surface area contributed by atoms with Crippen LogP contribution in [-0.2, 0) is 0 Å². The van der Waals surface area contributed by atoms with E-state index in [4.69, 9.17) is 16.6 Å². The van der Waals surface area contributed by atoms with Crippen molar-refractivity contribution < 1.29 is 9.50 Å². The lowest BCUT2D eigenvalue weighted by atomic mass is 9.98. The maximum Gasteiger partial charge on any atom is 0.134 e. The quantitative estimate of drug-likeness (QED) is 0.627. The van der Waals surface area contributed by atoms with Crippen LogP contribution in [0.3, 0.4) is 0 Å². The SMILES string of the molecule is CN(C)CCN1C[C@H]2CNCCN2c2c1cnc1cc(-c3c(O)cccc3F)c(Cl)cc21. The van der Waals surface area contributed by atoms with Gasteiger partial charge in [0.05, 0.1) is 34.7 Å². The number of fused-ring (bicyclic) bond motifs is 5. The number of halogens is 2. The van der Waals surface area contributed by atoms with Gasteiger partial charge in [0, 0.05) is 55.2 Å². The fourth-order valence-electron chi connectivity index (χ4n) is 4.80. The molecule has 8 heteroatoms. The molecule has 5 rings (SSSR count). The molecule has 32 heavy (non-hydrogen) atoms. The first-order chi connectivity index (χ1) is 15.4. The van der Waals surface area contributed by atoms with Crippen LogP contribution in [0.15, 0.2) is 36.5 Å². The van der Waals surface area contributed by atoms with Crippen LogP contribution in [0.4, 0.5) is 15.8 Å². The average molecular weight is 456 g/mol. The summed E-state index contributed by atoms with van der Waals surface area (Å²) in [7, 11) is 4.16. The summed E-state index contributed by atoms with van der Waals surface area (Å²) in [6.45, 7) is 5.56. The molecular formula is C24H27ClFN5O. The Balaban J connectivity index is 1.67. The number of pyridine rings is 1. The highest BCUT2D eigenvalue weighted by atomic mass is 35.5. The number of likely N-dealkylation sites (N-methyl/N-ethyl adjacent to an activating group) is 1. The van der Waals surface area contributed by atoms with E-state index in [2.05, 4.69) is 34.1 Å². The predicted octanol–water partition coefficient (Wildman–Crippen LogP) is 3.56. The summed E-state index contributed by atoms with van der Waals surface area (Å²) in [4.78, 5) is 11.8. The minimum Gasteiger partial charge on any atom is -0.507 e. The van der Waals surface area contributed by atoms with Crippen molar-refractivity contribution in [1.29, 1.82) is 0 Å². The highest BCUT2D eigenvalue weighted by Crippen LogP contribution is 2.44. The Labute approximate surface area is 192 Å². The molecule has 0 unspecified atom stereocenters. The number of phenolic OH excluding ortho intramolecular Hbond substituents is 1. The molecule has 2 N–H and O–H groups in total. The molecule has 1 atom stereocenters. The number of hydrogen-bond donors (Lipinski definition) is 2. The molecule has 0 aliphatic carbocycles. The molecule has 0 radical (unpaired) electrons. The molecule has 2 aliphatic heterocycles. The Kier molecular flexibility index (Phi) is 5.57. The van der Waals surface area contributed by atoms with Crippen LogP contribution in [-0.4, -0.2) is 74.4 Å². The Morgan fingerprint density at radius 2 is 2.16 bits per heavy atom. The zero-order chi connectivity index (χ0) is 22.4. The van der Waals surface area contributed by atoms with Crippen LogP contribution in [0.1, 0.15) is 0 Å². The van der Waals surface area contributed by atoms with Crippen molar-refractivity contribution in [3.8, 4) is 16.9 Å². The lowest BCUT2D eigenvalue weighted by Crippen LogP contribution is -2.59. The fraction of sp³-hybridized carbons (Fsp3) is 0.375. The summed E-state index contributed by atoms with van der Waals surface area (Å²) in [6, 6.07) is 8.28. The Hall–Kier alpha value is -2.61. The molecule has 1 fully saturated rings. The predicted molar refractivity (Wildman–Crippen MR) is 129 cm³/mol. The highest BCUT2D eigenvalue weighted by molar-refractivity contribution is 6.34. The number of benzene rings is 2. The lowest BCUT2D eigenvalue weighted by Gasteiger charge is -2.47. The minimum absolute atomic E-state index is 0.103. The van der Waals surface area contributed by atoms with E-state index in [1.807, 2.05) is 12.3 Å². The number of piperazine rings is 1. The van der Waals surface area contributed by atoms with Gasteiger partial charge >= 0.3 is 0 Å². The van der Waals surface area contributed by atoms with Crippen molar-refractivity contribution in [2.75, 3.05) is 63.2 Å². The maximum absolute atomic E-state index is 14.5. The van der Waals surface area contributed by atoms with Gasteiger partial charge in [0.15, 0.2) is 0 Å². The second-order valence-corrected chi connectivity index (χ2v) is 9.18. The van der Waals surface area contributed by atoms with Gasteiger partial charge in [-0.1, -0.05) is 17.7 Å². The van der Waals surface area contributed by atoms with Crippen LogP contribution in [0.5, 0.6) is 5.75 Å². The van der Waals surface area contributed by atoms with Gasteiger partial charge in [-0.25, -0.2) is 4.39 Å². The largest absolute Gasteiger partial charge is 0.507 e. The van der Waals surface area contributed by atoms with Gasteiger partial charge in [0.2, 0.25) is 0 Å². The van der Waals surface area contributed by atoms with E-state index in [0.717, 1.165) is 61.5 Å². The second-order valence-electron chi connectivity index (χ2n) is 8.78. The van der Waals surface area contributed by atoms with Crippen LogP contribution >= 0.6 is 11.6 Å². The van der Waals surface area contributed by atoms with Gasteiger partial charge in [-0.2, -0.15) is 0 Å². The number of phenols is 1. The Morgan fingerprint density at radius 3 is 2.94 bits per heavy atom. The molecule has 3 aromatic rings. The van der Waals surface area contributed by atoms with Crippen LogP contribution in [0.25, 0.3) is 22.0 Å². The molecule has 2 aliphatic rings. The van der Waals surface area contributed by atoms with Crippen molar-refractivity contribution in [1.82, 2.24) is 15.2 Å². The molecule has 0 saturated carbocycles. The van der Waals surface area contributed by atoms with Crippen molar-refractivity contribution in [3.63, 3.8) is 0 Å². The second kappa shape index (κ2) is 8.39. The van der Waals surface area contributed by atoms with E-state index in [-0.39, 0.29) is 11.3 Å². The minimum atomic E-state index is -0.513. The number of aromatic hydroxyl groups is 1. The summed E-state index contributed by atoms with van der Waals surface area (Å²) in [6.07, 6.45) is 1.92. The van der Waals surface area contributed by atoms with Crippen molar-refractivity contribution >= 4 is 33.9 Å². The highest BCUT2D eigenvalue weighted by Gasteiger charge is 2.34. The number of hydrogen-bond acceptors (Lipinski definition) is 6. The number of nitrogens with one attached hydrogen (secondary N) is 1. The molecule has 2 aromatic carbocycles. The monoisotopic (exact) mass is 455 g/mol. The smallest absolute Gasteiger partial charge is 0.134 e. The van der Waals surface area contributed by atoms with Gasteiger partial charge in [-0.3, -0.25) is 4.98 Å². The number of anilines is 2. The van der Waals surface area contributed by atoms with E-state index in [0.29, 0.717) is 16.6 Å². The molecule has 0 spiro atoms. The van der Waals surface area contributed by atoms with Crippen LogP contribution in [0, 0.1) is 5.82 Å². The van der Waals surface area contributed by atoms with E-state index >= 15 is 0 Å². The van der Waals surface area contributed by atoms with Gasteiger partial charge in [-0.15, -0.1) is 0 Å². The maximum atomic E-state index is 14.5. The van der Waals surface area contributed by atoms with Crippen molar-refractivity contribution in [2.24, 2.45) is 0 Å². The van der Waals surface area contributed by atoms with Crippen LogP contribution in [0.2, 0.25) is 5.02 Å². The zero-order valence-corrected chi connectivity index (χ0v) is 19.0. The van der Waals surface area contributed by atoms with E-state index in [1.54, 1.807) is 6.07 Å².